The minimum absolute atomic E-state index is 0.151. The Kier molecular flexibility index (Phi) is 4.12. The van der Waals surface area contributed by atoms with E-state index in [0.29, 0.717) is 23.2 Å². The third-order valence-corrected chi connectivity index (χ3v) is 4.38. The maximum absolute atomic E-state index is 12.2. The maximum atomic E-state index is 12.2. The van der Waals surface area contributed by atoms with E-state index in [4.69, 9.17) is 5.73 Å². The van der Waals surface area contributed by atoms with Crippen molar-refractivity contribution in [1.29, 1.82) is 0 Å². The summed E-state index contributed by atoms with van der Waals surface area (Å²) >= 11 is 0. The molecule has 1 aromatic heterocycles. The Hall–Kier alpha value is -1.52. The van der Waals surface area contributed by atoms with Crippen molar-refractivity contribution in [2.24, 2.45) is 11.8 Å². The van der Waals surface area contributed by atoms with Crippen LogP contribution in [0.2, 0.25) is 0 Å². The van der Waals surface area contributed by atoms with E-state index >= 15 is 0 Å². The molecule has 0 spiro atoms. The van der Waals surface area contributed by atoms with Crippen LogP contribution in [0.15, 0.2) is 0 Å². The van der Waals surface area contributed by atoms with Gasteiger partial charge in [0.1, 0.15) is 0 Å². The molecule has 1 heterocycles. The van der Waals surface area contributed by atoms with Crippen molar-refractivity contribution in [2.75, 3.05) is 5.73 Å². The lowest BCUT2D eigenvalue weighted by atomic mass is 9.98. The summed E-state index contributed by atoms with van der Waals surface area (Å²) in [5.41, 5.74) is 7.67. The van der Waals surface area contributed by atoms with Crippen LogP contribution >= 0.6 is 0 Å². The van der Waals surface area contributed by atoms with Gasteiger partial charge in [-0.15, -0.1) is 0 Å². The lowest BCUT2D eigenvalue weighted by Crippen LogP contribution is -2.37. The number of aromatic nitrogens is 2. The van der Waals surface area contributed by atoms with Gasteiger partial charge in [0.15, 0.2) is 5.69 Å². The summed E-state index contributed by atoms with van der Waals surface area (Å²) in [4.78, 5) is 12.2. The largest absolute Gasteiger partial charge is 0.395 e. The van der Waals surface area contributed by atoms with E-state index < -0.39 is 0 Å². The molecule has 4 N–H and O–H groups in total. The Bertz CT molecular complexity index is 454. The molecule has 5 nitrogen and oxygen atoms in total. The number of hydrogen-bond donors (Lipinski definition) is 3. The SMILES string of the molecule is CCCc1[nH]nc(C(=O)NC2CCC(C)C2C)c1N. The van der Waals surface area contributed by atoms with Gasteiger partial charge in [0.25, 0.3) is 5.91 Å². The van der Waals surface area contributed by atoms with Crippen LogP contribution < -0.4 is 11.1 Å². The van der Waals surface area contributed by atoms with E-state index in [9.17, 15) is 4.79 Å². The van der Waals surface area contributed by atoms with Crippen molar-refractivity contribution >= 4 is 11.6 Å². The van der Waals surface area contributed by atoms with Gasteiger partial charge in [-0.3, -0.25) is 9.89 Å². The molecule has 1 fully saturated rings. The van der Waals surface area contributed by atoms with Crippen molar-refractivity contribution in [3.63, 3.8) is 0 Å². The van der Waals surface area contributed by atoms with E-state index in [1.54, 1.807) is 0 Å². The summed E-state index contributed by atoms with van der Waals surface area (Å²) in [6.45, 7) is 6.50. The van der Waals surface area contributed by atoms with Gasteiger partial charge < -0.3 is 11.1 Å². The quantitative estimate of drug-likeness (QED) is 0.778. The molecule has 0 aliphatic heterocycles. The van der Waals surface area contributed by atoms with Crippen LogP contribution in [-0.2, 0) is 6.42 Å². The summed E-state index contributed by atoms with van der Waals surface area (Å²) in [5, 5.41) is 9.99. The molecule has 1 aromatic rings. The number of H-pyrrole nitrogens is 1. The Morgan fingerprint density at radius 2 is 2.21 bits per heavy atom. The van der Waals surface area contributed by atoms with Gasteiger partial charge in [0.2, 0.25) is 0 Å². The van der Waals surface area contributed by atoms with Crippen molar-refractivity contribution in [2.45, 2.75) is 52.5 Å². The fourth-order valence-corrected chi connectivity index (χ4v) is 2.81. The number of amides is 1. The molecule has 0 bridgehead atoms. The van der Waals surface area contributed by atoms with Gasteiger partial charge in [0, 0.05) is 6.04 Å². The van der Waals surface area contributed by atoms with Crippen LogP contribution in [-0.4, -0.2) is 22.1 Å². The number of nitrogens with two attached hydrogens (primary N) is 1. The minimum atomic E-state index is -0.151. The maximum Gasteiger partial charge on any atom is 0.274 e. The molecule has 2 rings (SSSR count). The zero-order chi connectivity index (χ0) is 14.0. The second-order valence-electron chi connectivity index (χ2n) is 5.71. The Balaban J connectivity index is 2.04. The van der Waals surface area contributed by atoms with Gasteiger partial charge in [-0.1, -0.05) is 27.2 Å². The number of rotatable bonds is 4. The third kappa shape index (κ3) is 2.74. The van der Waals surface area contributed by atoms with Crippen LogP contribution in [0.5, 0.6) is 0 Å². The van der Waals surface area contributed by atoms with Crippen LogP contribution in [0.3, 0.4) is 0 Å². The van der Waals surface area contributed by atoms with Gasteiger partial charge in [-0.05, 0) is 31.1 Å². The first-order chi connectivity index (χ1) is 9.04. The smallest absolute Gasteiger partial charge is 0.274 e. The molecular formula is C14H24N4O. The molecule has 1 aliphatic carbocycles. The number of hydrogen-bond acceptors (Lipinski definition) is 3. The van der Waals surface area contributed by atoms with E-state index in [1.807, 2.05) is 0 Å². The number of aromatic amines is 1. The van der Waals surface area contributed by atoms with Gasteiger partial charge >= 0.3 is 0 Å². The van der Waals surface area contributed by atoms with Crippen molar-refractivity contribution in [1.82, 2.24) is 15.5 Å². The van der Waals surface area contributed by atoms with Crippen molar-refractivity contribution < 1.29 is 4.79 Å². The van der Waals surface area contributed by atoms with Crippen LogP contribution in [0.1, 0.15) is 56.2 Å². The molecule has 1 aliphatic rings. The van der Waals surface area contributed by atoms with Crippen molar-refractivity contribution in [3.8, 4) is 0 Å². The first kappa shape index (κ1) is 13.9. The Morgan fingerprint density at radius 1 is 1.47 bits per heavy atom. The first-order valence-corrected chi connectivity index (χ1v) is 7.18. The predicted molar refractivity (Wildman–Crippen MR) is 75.8 cm³/mol. The van der Waals surface area contributed by atoms with E-state index in [-0.39, 0.29) is 11.9 Å². The highest BCUT2D eigenvalue weighted by Crippen LogP contribution is 2.31. The van der Waals surface area contributed by atoms with Gasteiger partial charge in [-0.2, -0.15) is 5.10 Å². The molecule has 3 atom stereocenters. The summed E-state index contributed by atoms with van der Waals surface area (Å²) in [7, 11) is 0. The second-order valence-corrected chi connectivity index (χ2v) is 5.71. The molecular weight excluding hydrogens is 240 g/mol. The standard InChI is InChI=1S/C14H24N4O/c1-4-5-11-12(15)13(18-17-11)14(19)16-10-7-6-8(2)9(10)3/h8-10H,4-7,15H2,1-3H3,(H,16,19)(H,17,18). The van der Waals surface area contributed by atoms with Gasteiger partial charge in [0.05, 0.1) is 11.4 Å². The topological polar surface area (TPSA) is 83.8 Å². The zero-order valence-electron chi connectivity index (χ0n) is 12.0. The molecule has 1 saturated carbocycles. The molecule has 106 valence electrons. The molecule has 3 unspecified atom stereocenters. The number of carbonyl (C=O) groups is 1. The van der Waals surface area contributed by atoms with Crippen LogP contribution in [0.25, 0.3) is 0 Å². The van der Waals surface area contributed by atoms with Crippen LogP contribution in [0, 0.1) is 11.8 Å². The van der Waals surface area contributed by atoms with Gasteiger partial charge in [-0.25, -0.2) is 0 Å². The number of nitrogens with one attached hydrogen (secondary N) is 2. The van der Waals surface area contributed by atoms with E-state index in [1.165, 1.54) is 6.42 Å². The predicted octanol–water partition coefficient (Wildman–Crippen LogP) is 2.11. The first-order valence-electron chi connectivity index (χ1n) is 7.18. The number of aryl methyl sites for hydroxylation is 1. The fourth-order valence-electron chi connectivity index (χ4n) is 2.81. The Labute approximate surface area is 114 Å². The highest BCUT2D eigenvalue weighted by atomic mass is 16.2. The molecule has 1 amide bonds. The molecule has 19 heavy (non-hydrogen) atoms. The lowest BCUT2D eigenvalue weighted by Gasteiger charge is -2.19. The number of carbonyl (C=O) groups excluding carboxylic acids is 1. The molecule has 0 radical (unpaired) electrons. The zero-order valence-corrected chi connectivity index (χ0v) is 12.0. The summed E-state index contributed by atoms with van der Waals surface area (Å²) < 4.78 is 0. The monoisotopic (exact) mass is 264 g/mol. The molecule has 0 saturated heterocycles. The van der Waals surface area contributed by atoms with E-state index in [0.717, 1.165) is 25.0 Å². The third-order valence-electron chi connectivity index (χ3n) is 4.38. The second kappa shape index (κ2) is 5.63. The van der Waals surface area contributed by atoms with E-state index in [2.05, 4.69) is 36.3 Å². The summed E-state index contributed by atoms with van der Waals surface area (Å²) in [6, 6.07) is 0.244. The minimum Gasteiger partial charge on any atom is -0.395 e. The Morgan fingerprint density at radius 3 is 2.79 bits per heavy atom. The average Bonchev–Trinajstić information content (AvgIpc) is 2.88. The molecule has 5 heteroatoms. The van der Waals surface area contributed by atoms with Crippen molar-refractivity contribution in [3.05, 3.63) is 11.4 Å². The highest BCUT2D eigenvalue weighted by molar-refractivity contribution is 5.97. The average molecular weight is 264 g/mol. The number of anilines is 1. The van der Waals surface area contributed by atoms with Crippen LogP contribution in [0.4, 0.5) is 5.69 Å². The number of nitrogens with zero attached hydrogens (tertiary/aromatic N) is 1. The fraction of sp³-hybridized carbons (Fsp3) is 0.714. The molecule has 0 aromatic carbocycles. The highest BCUT2D eigenvalue weighted by Gasteiger charge is 2.31. The normalized spacial score (nSPS) is 26.6. The summed E-state index contributed by atoms with van der Waals surface area (Å²) in [5.74, 6) is 1.03. The number of nitrogen functional groups attached to an aromatic ring is 1. The summed E-state index contributed by atoms with van der Waals surface area (Å²) in [6.07, 6.45) is 4.01. The lowest BCUT2D eigenvalue weighted by molar-refractivity contribution is 0.0923.